The lowest BCUT2D eigenvalue weighted by atomic mass is 10.2. The maximum absolute atomic E-state index is 13.1. The largest absolute Gasteiger partial charge is 0.268 e. The van der Waals surface area contributed by atoms with Crippen LogP contribution in [0.2, 0.25) is 0 Å². The summed E-state index contributed by atoms with van der Waals surface area (Å²) in [6.07, 6.45) is 0. The van der Waals surface area contributed by atoms with Crippen molar-refractivity contribution in [1.29, 1.82) is 0 Å². The molecule has 0 fully saturated rings. The van der Waals surface area contributed by atoms with Crippen LogP contribution in [-0.4, -0.2) is 12.4 Å². The molecular formula is C17H14N4O2S. The lowest BCUT2D eigenvalue weighted by molar-refractivity contribution is 0.588. The second-order valence-electron chi connectivity index (χ2n) is 5.31. The summed E-state index contributed by atoms with van der Waals surface area (Å²) < 4.78 is 27.4. The molecule has 0 aliphatic carbocycles. The molecule has 0 aliphatic rings. The number of benzene rings is 2. The van der Waals surface area contributed by atoms with Crippen molar-refractivity contribution in [3.05, 3.63) is 82.9 Å². The number of para-hydroxylation sites is 1. The van der Waals surface area contributed by atoms with Gasteiger partial charge in [-0.05, 0) is 36.7 Å². The fourth-order valence-corrected chi connectivity index (χ4v) is 4.04. The van der Waals surface area contributed by atoms with E-state index in [1.807, 2.05) is 13.0 Å². The van der Waals surface area contributed by atoms with Crippen molar-refractivity contribution in [3.63, 3.8) is 0 Å². The summed E-state index contributed by atoms with van der Waals surface area (Å²) in [4.78, 5) is 2.86. The highest BCUT2D eigenvalue weighted by molar-refractivity contribution is 7.90. The fraction of sp³-hybridized carbons (Fsp3) is 0.0588. The summed E-state index contributed by atoms with van der Waals surface area (Å²) in [6, 6.07) is 15.3. The zero-order valence-electron chi connectivity index (χ0n) is 12.9. The molecule has 0 atom stereocenters. The van der Waals surface area contributed by atoms with Crippen LogP contribution in [0.15, 0.2) is 71.2 Å². The molecule has 1 aromatic heterocycles. The summed E-state index contributed by atoms with van der Waals surface area (Å²) in [7, 11) is -3.86. The molecule has 0 radical (unpaired) electrons. The monoisotopic (exact) mass is 338 g/mol. The third-order valence-corrected chi connectivity index (χ3v) is 5.43. The van der Waals surface area contributed by atoms with Crippen molar-refractivity contribution >= 4 is 26.6 Å². The maximum Gasteiger partial charge on any atom is 0.268 e. The summed E-state index contributed by atoms with van der Waals surface area (Å²) in [5, 5.41) is 4.19. The molecule has 0 unspecified atom stereocenters. The standard InChI is InChI=1S/C17H14N4O2S/c1-12-7-9-15(10-8-12)24(22,23)21-16-6-4-3-5-14(16)11-17(21)13(2)19-20-18/h3-11H,2H2,1H3. The van der Waals surface area contributed by atoms with Crippen LogP contribution in [-0.2, 0) is 10.0 Å². The van der Waals surface area contributed by atoms with Gasteiger partial charge in [0.25, 0.3) is 10.0 Å². The van der Waals surface area contributed by atoms with E-state index in [2.05, 4.69) is 16.6 Å². The summed E-state index contributed by atoms with van der Waals surface area (Å²) in [5.74, 6) is 0. The molecule has 3 rings (SSSR count). The molecule has 0 aliphatic heterocycles. The molecule has 1 heterocycles. The average molecular weight is 338 g/mol. The van der Waals surface area contributed by atoms with E-state index in [-0.39, 0.29) is 16.3 Å². The first-order chi connectivity index (χ1) is 11.4. The molecule has 0 saturated heterocycles. The topological polar surface area (TPSA) is 87.8 Å². The van der Waals surface area contributed by atoms with Crippen LogP contribution in [0, 0.1) is 6.92 Å². The van der Waals surface area contributed by atoms with E-state index in [4.69, 9.17) is 5.53 Å². The van der Waals surface area contributed by atoms with E-state index in [1.54, 1.807) is 48.5 Å². The number of rotatable bonds is 4. The second-order valence-corrected chi connectivity index (χ2v) is 7.09. The van der Waals surface area contributed by atoms with Crippen molar-refractivity contribution in [1.82, 2.24) is 3.97 Å². The zero-order valence-corrected chi connectivity index (χ0v) is 13.7. The van der Waals surface area contributed by atoms with Crippen LogP contribution in [0.4, 0.5) is 0 Å². The zero-order chi connectivity index (χ0) is 17.3. The van der Waals surface area contributed by atoms with E-state index in [0.29, 0.717) is 5.52 Å². The number of hydrogen-bond acceptors (Lipinski definition) is 3. The molecule has 24 heavy (non-hydrogen) atoms. The Labute approximate surface area is 139 Å². The lowest BCUT2D eigenvalue weighted by Gasteiger charge is -2.12. The Morgan fingerprint density at radius 3 is 2.50 bits per heavy atom. The molecule has 0 spiro atoms. The van der Waals surface area contributed by atoms with Crippen molar-refractivity contribution in [2.45, 2.75) is 11.8 Å². The van der Waals surface area contributed by atoms with Gasteiger partial charge in [-0.25, -0.2) is 12.4 Å². The van der Waals surface area contributed by atoms with E-state index >= 15 is 0 Å². The van der Waals surface area contributed by atoms with Gasteiger partial charge in [-0.1, -0.05) is 47.6 Å². The van der Waals surface area contributed by atoms with Crippen molar-refractivity contribution in [2.24, 2.45) is 5.11 Å². The highest BCUT2D eigenvalue weighted by atomic mass is 32.2. The Hall–Kier alpha value is -3.02. The SMILES string of the molecule is C=C(N=[N+]=[N-])c1cc2ccccc2n1S(=O)(=O)c1ccc(C)cc1. The average Bonchev–Trinajstić information content (AvgIpc) is 2.96. The summed E-state index contributed by atoms with van der Waals surface area (Å²) in [6.45, 7) is 5.57. The van der Waals surface area contributed by atoms with Gasteiger partial charge in [0.1, 0.15) is 0 Å². The minimum absolute atomic E-state index is 0.0457. The lowest BCUT2D eigenvalue weighted by Crippen LogP contribution is -2.15. The number of fused-ring (bicyclic) bond motifs is 1. The normalized spacial score (nSPS) is 11.2. The third kappa shape index (κ3) is 2.56. The fourth-order valence-electron chi connectivity index (χ4n) is 2.51. The molecular weight excluding hydrogens is 324 g/mol. The van der Waals surface area contributed by atoms with Crippen LogP contribution in [0.1, 0.15) is 11.3 Å². The van der Waals surface area contributed by atoms with Gasteiger partial charge in [0.15, 0.2) is 0 Å². The molecule has 0 amide bonds. The number of aryl methyl sites for hydroxylation is 1. The third-order valence-electron chi connectivity index (χ3n) is 3.69. The van der Waals surface area contributed by atoms with E-state index in [1.165, 1.54) is 3.97 Å². The smallest absolute Gasteiger partial charge is 0.233 e. The van der Waals surface area contributed by atoms with E-state index in [0.717, 1.165) is 10.9 Å². The number of azide groups is 1. The molecule has 2 aromatic carbocycles. The van der Waals surface area contributed by atoms with Gasteiger partial charge in [0.2, 0.25) is 0 Å². The predicted molar refractivity (Wildman–Crippen MR) is 93.9 cm³/mol. The van der Waals surface area contributed by atoms with Crippen LogP contribution in [0.3, 0.4) is 0 Å². The molecule has 0 saturated carbocycles. The van der Waals surface area contributed by atoms with Gasteiger partial charge in [-0.2, -0.15) is 0 Å². The molecule has 120 valence electrons. The van der Waals surface area contributed by atoms with Gasteiger partial charge in [-0.15, -0.1) is 0 Å². The van der Waals surface area contributed by atoms with Crippen LogP contribution < -0.4 is 0 Å². The Kier molecular flexibility index (Phi) is 3.89. The quantitative estimate of drug-likeness (QED) is 0.399. The first-order valence-electron chi connectivity index (χ1n) is 7.12. The first-order valence-corrected chi connectivity index (χ1v) is 8.56. The van der Waals surface area contributed by atoms with Gasteiger partial charge < -0.3 is 0 Å². The maximum atomic E-state index is 13.1. The number of hydrogen-bond donors (Lipinski definition) is 0. The molecule has 3 aromatic rings. The first kappa shape index (κ1) is 15.9. The van der Waals surface area contributed by atoms with Gasteiger partial charge in [0.05, 0.1) is 21.8 Å². The van der Waals surface area contributed by atoms with Crippen molar-refractivity contribution in [2.75, 3.05) is 0 Å². The summed E-state index contributed by atoms with van der Waals surface area (Å²) >= 11 is 0. The summed E-state index contributed by atoms with van der Waals surface area (Å²) in [5.41, 5.74) is 10.4. The van der Waals surface area contributed by atoms with Crippen LogP contribution >= 0.6 is 0 Å². The Balaban J connectivity index is 2.35. The Bertz CT molecular complexity index is 1090. The van der Waals surface area contributed by atoms with E-state index in [9.17, 15) is 8.42 Å². The Morgan fingerprint density at radius 1 is 1.17 bits per heavy atom. The van der Waals surface area contributed by atoms with Gasteiger partial charge in [-0.3, -0.25) is 0 Å². The van der Waals surface area contributed by atoms with Crippen molar-refractivity contribution in [3.8, 4) is 0 Å². The minimum atomic E-state index is -3.86. The minimum Gasteiger partial charge on any atom is -0.233 e. The highest BCUT2D eigenvalue weighted by Crippen LogP contribution is 2.29. The Morgan fingerprint density at radius 2 is 1.83 bits per heavy atom. The van der Waals surface area contributed by atoms with Crippen LogP contribution in [0.5, 0.6) is 0 Å². The highest BCUT2D eigenvalue weighted by Gasteiger charge is 2.23. The number of nitrogens with zero attached hydrogens (tertiary/aromatic N) is 4. The second kappa shape index (κ2) is 5.88. The van der Waals surface area contributed by atoms with Crippen LogP contribution in [0.25, 0.3) is 27.0 Å². The predicted octanol–water partition coefficient (Wildman–Crippen LogP) is 4.47. The molecule has 0 N–H and O–H groups in total. The van der Waals surface area contributed by atoms with Crippen molar-refractivity contribution < 1.29 is 8.42 Å². The van der Waals surface area contributed by atoms with E-state index < -0.39 is 10.0 Å². The van der Waals surface area contributed by atoms with Gasteiger partial charge >= 0.3 is 0 Å². The molecule has 7 heteroatoms. The molecule has 6 nitrogen and oxygen atoms in total. The molecule has 0 bridgehead atoms. The number of aromatic nitrogens is 1. The van der Waals surface area contributed by atoms with Gasteiger partial charge in [0, 0.05) is 10.3 Å².